The number of hydrogen-bond acceptors (Lipinski definition) is 3. The Hall–Kier alpha value is 0.0969. The maximum absolute atomic E-state index is 5.89. The highest BCUT2D eigenvalue weighted by molar-refractivity contribution is 6.60. The molecule has 0 fully saturated rings. The van der Waals surface area contributed by atoms with E-state index < -0.39 is 8.80 Å². The van der Waals surface area contributed by atoms with Crippen LogP contribution in [0.3, 0.4) is 0 Å². The van der Waals surface area contributed by atoms with E-state index in [-0.39, 0.29) is 0 Å². The summed E-state index contributed by atoms with van der Waals surface area (Å²) in [5, 5.41) is 0. The van der Waals surface area contributed by atoms with Gasteiger partial charge >= 0.3 is 8.80 Å². The van der Waals surface area contributed by atoms with Gasteiger partial charge in [0.2, 0.25) is 0 Å². The lowest BCUT2D eigenvalue weighted by molar-refractivity contribution is 0.0659. The Labute approximate surface area is 115 Å². The molecule has 0 aromatic rings. The molecule has 0 heterocycles. The van der Waals surface area contributed by atoms with Gasteiger partial charge in [0.05, 0.1) is 0 Å². The Morgan fingerprint density at radius 3 is 1.56 bits per heavy atom. The molecular formula is C14H32O3Si. The van der Waals surface area contributed by atoms with Gasteiger partial charge in [-0.05, 0) is 38.5 Å². The zero-order valence-electron chi connectivity index (χ0n) is 13.3. The van der Waals surface area contributed by atoms with Crippen LogP contribution in [0.25, 0.3) is 0 Å². The average Bonchev–Trinajstić information content (AvgIpc) is 2.15. The fourth-order valence-corrected chi connectivity index (χ4v) is 5.43. The van der Waals surface area contributed by atoms with Gasteiger partial charge in [-0.3, -0.25) is 0 Å². The fraction of sp³-hybridized carbons (Fsp3) is 1.00. The zero-order chi connectivity index (χ0) is 14.2. The molecular weight excluding hydrogens is 244 g/mol. The van der Waals surface area contributed by atoms with E-state index in [0.717, 1.165) is 12.5 Å². The van der Waals surface area contributed by atoms with Gasteiger partial charge in [-0.25, -0.2) is 0 Å². The summed E-state index contributed by atoms with van der Waals surface area (Å²) >= 11 is 0. The SMILES string of the molecule is CCO[Si](C[C@H](C)CC(C)(C)C)(OCC)OCC. The first-order valence-corrected chi connectivity index (χ1v) is 9.13. The van der Waals surface area contributed by atoms with Crippen LogP contribution in [0.5, 0.6) is 0 Å². The van der Waals surface area contributed by atoms with Crippen molar-refractivity contribution in [1.29, 1.82) is 0 Å². The molecule has 0 N–H and O–H groups in total. The molecule has 0 rings (SSSR count). The molecule has 110 valence electrons. The summed E-state index contributed by atoms with van der Waals surface area (Å²) in [6.07, 6.45) is 1.16. The van der Waals surface area contributed by atoms with E-state index in [1.54, 1.807) is 0 Å². The molecule has 0 amide bonds. The van der Waals surface area contributed by atoms with Crippen LogP contribution in [0.4, 0.5) is 0 Å². The first-order chi connectivity index (χ1) is 8.28. The monoisotopic (exact) mass is 276 g/mol. The molecule has 0 aromatic heterocycles. The highest BCUT2D eigenvalue weighted by atomic mass is 28.4. The fourth-order valence-electron chi connectivity index (χ4n) is 2.51. The molecule has 0 aliphatic carbocycles. The van der Waals surface area contributed by atoms with Crippen LogP contribution in [0.2, 0.25) is 6.04 Å². The summed E-state index contributed by atoms with van der Waals surface area (Å²) in [4.78, 5) is 0. The van der Waals surface area contributed by atoms with Gasteiger partial charge in [0, 0.05) is 25.9 Å². The van der Waals surface area contributed by atoms with Crippen LogP contribution in [-0.2, 0) is 13.3 Å². The van der Waals surface area contributed by atoms with Crippen molar-refractivity contribution in [3.05, 3.63) is 0 Å². The summed E-state index contributed by atoms with van der Waals surface area (Å²) in [5.74, 6) is 0.557. The van der Waals surface area contributed by atoms with Gasteiger partial charge in [0.1, 0.15) is 0 Å². The van der Waals surface area contributed by atoms with Crippen LogP contribution >= 0.6 is 0 Å². The first-order valence-electron chi connectivity index (χ1n) is 7.20. The van der Waals surface area contributed by atoms with Crippen molar-refractivity contribution in [3.63, 3.8) is 0 Å². The van der Waals surface area contributed by atoms with E-state index in [2.05, 4.69) is 27.7 Å². The molecule has 0 aromatic carbocycles. The van der Waals surface area contributed by atoms with E-state index >= 15 is 0 Å². The van der Waals surface area contributed by atoms with E-state index in [9.17, 15) is 0 Å². The molecule has 4 heteroatoms. The van der Waals surface area contributed by atoms with E-state index in [0.29, 0.717) is 31.2 Å². The van der Waals surface area contributed by atoms with Crippen molar-refractivity contribution in [2.75, 3.05) is 19.8 Å². The molecule has 3 nitrogen and oxygen atoms in total. The van der Waals surface area contributed by atoms with Crippen molar-refractivity contribution >= 4 is 8.80 Å². The van der Waals surface area contributed by atoms with Crippen molar-refractivity contribution in [1.82, 2.24) is 0 Å². The second-order valence-electron chi connectivity index (χ2n) is 6.06. The Morgan fingerprint density at radius 1 is 0.889 bits per heavy atom. The minimum absolute atomic E-state index is 0.338. The first kappa shape index (κ1) is 18.1. The third-order valence-electron chi connectivity index (χ3n) is 2.65. The van der Waals surface area contributed by atoms with E-state index in [1.165, 1.54) is 0 Å². The highest BCUT2D eigenvalue weighted by Crippen LogP contribution is 2.31. The summed E-state index contributed by atoms with van der Waals surface area (Å²) in [7, 11) is -2.46. The highest BCUT2D eigenvalue weighted by Gasteiger charge is 2.42. The molecule has 0 saturated carbocycles. The van der Waals surface area contributed by atoms with Gasteiger partial charge in [0.25, 0.3) is 0 Å². The van der Waals surface area contributed by atoms with Crippen LogP contribution in [0, 0.1) is 11.3 Å². The zero-order valence-corrected chi connectivity index (χ0v) is 14.3. The van der Waals surface area contributed by atoms with Crippen molar-refractivity contribution in [2.24, 2.45) is 11.3 Å². The minimum atomic E-state index is -2.46. The predicted molar refractivity (Wildman–Crippen MR) is 78.7 cm³/mol. The van der Waals surface area contributed by atoms with Crippen LogP contribution in [0.1, 0.15) is 54.9 Å². The van der Waals surface area contributed by atoms with Crippen LogP contribution in [-0.4, -0.2) is 28.6 Å². The number of rotatable bonds is 9. The lowest BCUT2D eigenvalue weighted by Gasteiger charge is -2.32. The Morgan fingerprint density at radius 2 is 1.28 bits per heavy atom. The smallest absolute Gasteiger partial charge is 0.374 e. The van der Waals surface area contributed by atoms with E-state index in [1.807, 2.05) is 20.8 Å². The van der Waals surface area contributed by atoms with Gasteiger partial charge in [-0.15, -0.1) is 0 Å². The summed E-state index contributed by atoms with van der Waals surface area (Å²) < 4.78 is 17.7. The summed E-state index contributed by atoms with van der Waals surface area (Å²) in [6.45, 7) is 17.1. The quantitative estimate of drug-likeness (QED) is 0.593. The summed E-state index contributed by atoms with van der Waals surface area (Å²) in [6, 6.07) is 0.916. The molecule has 1 atom stereocenters. The van der Waals surface area contributed by atoms with Crippen molar-refractivity contribution in [2.45, 2.75) is 60.9 Å². The Balaban J connectivity index is 4.63. The van der Waals surface area contributed by atoms with Gasteiger partial charge in [0.15, 0.2) is 0 Å². The van der Waals surface area contributed by atoms with Gasteiger partial charge in [-0.2, -0.15) is 0 Å². The van der Waals surface area contributed by atoms with Crippen LogP contribution < -0.4 is 0 Å². The Kier molecular flexibility index (Phi) is 8.35. The standard InChI is InChI=1S/C14H32O3Si/c1-8-15-18(16-9-2,17-10-3)12-13(4)11-14(5,6)7/h13H,8-12H2,1-7H3/t13-/m1/s1. The molecule has 18 heavy (non-hydrogen) atoms. The second-order valence-corrected chi connectivity index (χ2v) is 8.70. The second kappa shape index (κ2) is 8.30. The average molecular weight is 276 g/mol. The Bertz CT molecular complexity index is 197. The maximum Gasteiger partial charge on any atom is 0.501 e. The topological polar surface area (TPSA) is 27.7 Å². The number of hydrogen-bond donors (Lipinski definition) is 0. The molecule has 0 aliphatic rings. The lowest BCUT2D eigenvalue weighted by atomic mass is 9.86. The van der Waals surface area contributed by atoms with Gasteiger partial charge in [-0.1, -0.05) is 27.7 Å². The van der Waals surface area contributed by atoms with Crippen LogP contribution in [0.15, 0.2) is 0 Å². The van der Waals surface area contributed by atoms with Gasteiger partial charge < -0.3 is 13.3 Å². The predicted octanol–water partition coefficient (Wildman–Crippen LogP) is 4.11. The molecule has 0 bridgehead atoms. The molecule has 0 spiro atoms. The minimum Gasteiger partial charge on any atom is -0.374 e. The third kappa shape index (κ3) is 7.51. The molecule has 0 unspecified atom stereocenters. The maximum atomic E-state index is 5.89. The molecule has 0 radical (unpaired) electrons. The lowest BCUT2D eigenvalue weighted by Crippen LogP contribution is -2.47. The van der Waals surface area contributed by atoms with Crippen molar-refractivity contribution < 1.29 is 13.3 Å². The molecule has 0 aliphatic heterocycles. The molecule has 0 saturated heterocycles. The van der Waals surface area contributed by atoms with E-state index in [4.69, 9.17) is 13.3 Å². The third-order valence-corrected chi connectivity index (χ3v) is 6.03. The normalized spacial score (nSPS) is 14.8. The largest absolute Gasteiger partial charge is 0.501 e. The van der Waals surface area contributed by atoms with Crippen molar-refractivity contribution in [3.8, 4) is 0 Å². The summed E-state index contributed by atoms with van der Waals surface area (Å²) in [5.41, 5.74) is 0.338.